The van der Waals surface area contributed by atoms with E-state index in [-0.39, 0.29) is 17.5 Å². The molecule has 0 saturated heterocycles. The predicted molar refractivity (Wildman–Crippen MR) is 51.8 cm³/mol. The van der Waals surface area contributed by atoms with Gasteiger partial charge in [0.2, 0.25) is 0 Å². The molecule has 0 amide bonds. The van der Waals surface area contributed by atoms with Crippen LogP contribution in [0.5, 0.6) is 5.75 Å². The summed E-state index contributed by atoms with van der Waals surface area (Å²) >= 11 is 5.64. The van der Waals surface area contributed by atoms with Gasteiger partial charge in [0.25, 0.3) is 0 Å². The molecule has 1 aromatic heterocycles. The number of hydrogen-bond donors (Lipinski definition) is 2. The van der Waals surface area contributed by atoms with Crippen LogP contribution in [0.1, 0.15) is 11.3 Å². The van der Waals surface area contributed by atoms with E-state index >= 15 is 0 Å². The van der Waals surface area contributed by atoms with Gasteiger partial charge in [0.15, 0.2) is 10.9 Å². The summed E-state index contributed by atoms with van der Waals surface area (Å²) in [6.45, 7) is 3.53. The number of aromatic hydroxyl groups is 1. The van der Waals surface area contributed by atoms with Gasteiger partial charge in [-0.3, -0.25) is 0 Å². The zero-order chi connectivity index (χ0) is 9.84. The maximum atomic E-state index is 9.36. The number of rotatable bonds is 3. The molecule has 70 valence electrons. The first kappa shape index (κ1) is 10.0. The third-order valence-electron chi connectivity index (χ3n) is 1.62. The summed E-state index contributed by atoms with van der Waals surface area (Å²) in [6.07, 6.45) is 1.91. The highest BCUT2D eigenvalue weighted by Gasteiger charge is 2.06. The van der Waals surface area contributed by atoms with Crippen LogP contribution in [0.2, 0.25) is 5.15 Å². The van der Waals surface area contributed by atoms with Crippen LogP contribution in [-0.4, -0.2) is 21.8 Å². The van der Waals surface area contributed by atoms with E-state index in [4.69, 9.17) is 16.7 Å². The minimum Gasteiger partial charge on any atom is -0.504 e. The standard InChI is InChI=1S/C9H10ClNO2/c1-2-6-5-7(3-4-12)11-9(10)8(6)13/h2,5,12-13H,1,3-4H2. The van der Waals surface area contributed by atoms with Crippen molar-refractivity contribution >= 4 is 17.7 Å². The smallest absolute Gasteiger partial charge is 0.171 e. The van der Waals surface area contributed by atoms with E-state index in [1.165, 1.54) is 6.08 Å². The number of aromatic nitrogens is 1. The van der Waals surface area contributed by atoms with Crippen molar-refractivity contribution in [2.24, 2.45) is 0 Å². The highest BCUT2D eigenvalue weighted by atomic mass is 35.5. The maximum absolute atomic E-state index is 9.36. The number of aliphatic hydroxyl groups is 1. The minimum absolute atomic E-state index is 0.00465. The van der Waals surface area contributed by atoms with Crippen molar-refractivity contribution in [3.8, 4) is 5.75 Å². The first-order chi connectivity index (χ1) is 6.19. The normalized spacial score (nSPS) is 10.0. The SMILES string of the molecule is C=Cc1cc(CCO)nc(Cl)c1O. The fourth-order valence-corrected chi connectivity index (χ4v) is 1.19. The Morgan fingerprint density at radius 1 is 1.62 bits per heavy atom. The van der Waals surface area contributed by atoms with Crippen LogP contribution >= 0.6 is 11.6 Å². The molecule has 2 N–H and O–H groups in total. The van der Waals surface area contributed by atoms with Gasteiger partial charge in [-0.15, -0.1) is 0 Å². The summed E-state index contributed by atoms with van der Waals surface area (Å²) in [5, 5.41) is 18.1. The van der Waals surface area contributed by atoms with E-state index in [2.05, 4.69) is 11.6 Å². The van der Waals surface area contributed by atoms with Crippen molar-refractivity contribution in [3.63, 3.8) is 0 Å². The molecule has 0 radical (unpaired) electrons. The van der Waals surface area contributed by atoms with Crippen LogP contribution in [0.3, 0.4) is 0 Å². The second kappa shape index (κ2) is 4.25. The van der Waals surface area contributed by atoms with Crippen molar-refractivity contribution in [2.75, 3.05) is 6.61 Å². The van der Waals surface area contributed by atoms with Crippen molar-refractivity contribution in [3.05, 3.63) is 29.1 Å². The fraction of sp³-hybridized carbons (Fsp3) is 0.222. The Balaban J connectivity index is 3.14. The number of nitrogens with zero attached hydrogens (tertiary/aromatic N) is 1. The molecule has 0 bridgehead atoms. The zero-order valence-corrected chi connectivity index (χ0v) is 7.75. The van der Waals surface area contributed by atoms with Crippen LogP contribution in [0.15, 0.2) is 12.6 Å². The lowest BCUT2D eigenvalue weighted by Crippen LogP contribution is -1.96. The molecule has 0 atom stereocenters. The van der Waals surface area contributed by atoms with E-state index in [1.54, 1.807) is 6.07 Å². The minimum atomic E-state index is -0.0710. The van der Waals surface area contributed by atoms with Gasteiger partial charge >= 0.3 is 0 Å². The van der Waals surface area contributed by atoms with Gasteiger partial charge in [0.1, 0.15) is 0 Å². The molecule has 1 rings (SSSR count). The highest BCUT2D eigenvalue weighted by Crippen LogP contribution is 2.26. The number of halogens is 1. The molecular formula is C9H10ClNO2. The molecule has 13 heavy (non-hydrogen) atoms. The summed E-state index contributed by atoms with van der Waals surface area (Å²) < 4.78 is 0. The number of hydrogen-bond acceptors (Lipinski definition) is 3. The quantitative estimate of drug-likeness (QED) is 0.728. The second-order valence-corrected chi connectivity index (χ2v) is 2.88. The van der Waals surface area contributed by atoms with Crippen molar-refractivity contribution in [1.82, 2.24) is 4.98 Å². The molecule has 4 heteroatoms. The Morgan fingerprint density at radius 3 is 2.85 bits per heavy atom. The van der Waals surface area contributed by atoms with Crippen molar-refractivity contribution < 1.29 is 10.2 Å². The molecule has 3 nitrogen and oxygen atoms in total. The lowest BCUT2D eigenvalue weighted by atomic mass is 10.2. The predicted octanol–water partition coefficient (Wildman–Crippen LogP) is 1.62. The third kappa shape index (κ3) is 2.20. The lowest BCUT2D eigenvalue weighted by Gasteiger charge is -2.04. The average Bonchev–Trinajstić information content (AvgIpc) is 2.11. The average molecular weight is 200 g/mol. The lowest BCUT2D eigenvalue weighted by molar-refractivity contribution is 0.298. The Hall–Kier alpha value is -1.06. The van der Waals surface area contributed by atoms with Gasteiger partial charge in [-0.1, -0.05) is 24.3 Å². The van der Waals surface area contributed by atoms with E-state index in [9.17, 15) is 5.11 Å². The molecule has 0 aliphatic heterocycles. The van der Waals surface area contributed by atoms with E-state index < -0.39 is 0 Å². The first-order valence-corrected chi connectivity index (χ1v) is 4.18. The number of pyridine rings is 1. The van der Waals surface area contributed by atoms with Gasteiger partial charge in [0.05, 0.1) is 0 Å². The molecule has 1 heterocycles. The van der Waals surface area contributed by atoms with E-state index in [0.717, 1.165) is 0 Å². The Labute approximate surface area is 81.3 Å². The van der Waals surface area contributed by atoms with E-state index in [1.807, 2.05) is 0 Å². The summed E-state index contributed by atoms with van der Waals surface area (Å²) in [6, 6.07) is 1.64. The Bertz CT molecular complexity index is 326. The van der Waals surface area contributed by atoms with Crippen LogP contribution < -0.4 is 0 Å². The van der Waals surface area contributed by atoms with Gasteiger partial charge < -0.3 is 10.2 Å². The largest absolute Gasteiger partial charge is 0.504 e. The van der Waals surface area contributed by atoms with Gasteiger partial charge in [-0.05, 0) is 6.07 Å². The van der Waals surface area contributed by atoms with Gasteiger partial charge in [-0.2, -0.15) is 0 Å². The maximum Gasteiger partial charge on any atom is 0.171 e. The monoisotopic (exact) mass is 199 g/mol. The number of aliphatic hydroxyl groups excluding tert-OH is 1. The first-order valence-electron chi connectivity index (χ1n) is 3.80. The molecule has 0 aliphatic rings. The molecule has 0 unspecified atom stereocenters. The third-order valence-corrected chi connectivity index (χ3v) is 1.88. The fourth-order valence-electron chi connectivity index (χ4n) is 0.976. The summed E-state index contributed by atoms with van der Waals surface area (Å²) in [5.41, 5.74) is 1.17. The molecular weight excluding hydrogens is 190 g/mol. The topological polar surface area (TPSA) is 53.4 Å². The van der Waals surface area contributed by atoms with Gasteiger partial charge in [-0.25, -0.2) is 4.98 Å². The second-order valence-electron chi connectivity index (χ2n) is 2.52. The molecule has 0 aromatic carbocycles. The molecule has 0 aliphatic carbocycles. The van der Waals surface area contributed by atoms with Crippen LogP contribution in [0.4, 0.5) is 0 Å². The summed E-state index contributed by atoms with van der Waals surface area (Å²) in [5.74, 6) is -0.0710. The van der Waals surface area contributed by atoms with Crippen molar-refractivity contribution in [2.45, 2.75) is 6.42 Å². The van der Waals surface area contributed by atoms with Crippen LogP contribution in [0, 0.1) is 0 Å². The summed E-state index contributed by atoms with van der Waals surface area (Å²) in [4.78, 5) is 3.88. The zero-order valence-electron chi connectivity index (χ0n) is 7.00. The Kier molecular flexibility index (Phi) is 3.28. The highest BCUT2D eigenvalue weighted by molar-refractivity contribution is 6.31. The Morgan fingerprint density at radius 2 is 2.31 bits per heavy atom. The molecule has 0 spiro atoms. The van der Waals surface area contributed by atoms with Gasteiger partial charge in [0, 0.05) is 24.3 Å². The molecule has 0 saturated carbocycles. The molecule has 0 fully saturated rings. The van der Waals surface area contributed by atoms with Crippen LogP contribution in [-0.2, 0) is 6.42 Å². The molecule has 1 aromatic rings. The summed E-state index contributed by atoms with van der Waals surface area (Å²) in [7, 11) is 0. The van der Waals surface area contributed by atoms with E-state index in [0.29, 0.717) is 17.7 Å². The van der Waals surface area contributed by atoms with Crippen LogP contribution in [0.25, 0.3) is 6.08 Å². The van der Waals surface area contributed by atoms with Crippen molar-refractivity contribution in [1.29, 1.82) is 0 Å².